The summed E-state index contributed by atoms with van der Waals surface area (Å²) >= 11 is 0. The van der Waals surface area contributed by atoms with Gasteiger partial charge in [0.15, 0.2) is 11.5 Å². The highest BCUT2D eigenvalue weighted by Gasteiger charge is 2.11. The molecule has 37 heavy (non-hydrogen) atoms. The molecular weight excluding hydrogens is 474 g/mol. The van der Waals surface area contributed by atoms with Crippen molar-refractivity contribution in [3.05, 3.63) is 59.7 Å². The highest BCUT2D eigenvalue weighted by atomic mass is 16.5. The molecule has 11 heteroatoms. The number of nitrogens with one attached hydrogen (secondary N) is 3. The van der Waals surface area contributed by atoms with E-state index in [2.05, 4.69) is 43.0 Å². The van der Waals surface area contributed by atoms with Crippen molar-refractivity contribution in [2.45, 2.75) is 13.0 Å². The zero-order valence-corrected chi connectivity index (χ0v) is 21.5. The number of ether oxygens (including phenoxy) is 4. The van der Waals surface area contributed by atoms with Crippen LogP contribution in [0.5, 0.6) is 11.5 Å². The lowest BCUT2D eigenvalue weighted by Gasteiger charge is -2.14. The molecule has 0 saturated heterocycles. The van der Waals surface area contributed by atoms with Crippen LogP contribution in [0.2, 0.25) is 0 Å². The Labute approximate surface area is 218 Å². The molecule has 1 aromatic heterocycles. The summed E-state index contributed by atoms with van der Waals surface area (Å²) in [7, 11) is 3.23. The number of rotatable bonds is 18. The molecule has 0 aliphatic rings. The maximum Gasteiger partial charge on any atom is 0.229 e. The standard InChI is InChI=1S/C26H37N7O4/c1-34-22-10-6-9-21(23(22)35-2)19-30-26-32-24(28-13-11-20-7-4-3-5-8-20)31-25(33-26)29-14-16-37-18-17-36-15-12-27/h3-10H,11-19,27H2,1-2H3,(H3,28,29,30,31,32,33). The van der Waals surface area contributed by atoms with Crippen molar-refractivity contribution in [1.29, 1.82) is 0 Å². The fourth-order valence-electron chi connectivity index (χ4n) is 3.48. The molecule has 0 unspecified atom stereocenters. The number of nitrogens with zero attached hydrogens (tertiary/aromatic N) is 3. The van der Waals surface area contributed by atoms with E-state index in [1.54, 1.807) is 14.2 Å². The lowest BCUT2D eigenvalue weighted by molar-refractivity contribution is 0.0547. The first-order valence-electron chi connectivity index (χ1n) is 12.3. The van der Waals surface area contributed by atoms with Crippen LogP contribution >= 0.6 is 0 Å². The molecule has 0 saturated carbocycles. The molecule has 0 aliphatic carbocycles. The van der Waals surface area contributed by atoms with Crippen LogP contribution in [0.15, 0.2) is 48.5 Å². The van der Waals surface area contributed by atoms with Gasteiger partial charge in [-0.05, 0) is 18.1 Å². The zero-order valence-electron chi connectivity index (χ0n) is 21.5. The molecule has 1 heterocycles. The molecule has 2 aromatic carbocycles. The number of methoxy groups -OCH3 is 2. The highest BCUT2D eigenvalue weighted by Crippen LogP contribution is 2.31. The third-order valence-electron chi connectivity index (χ3n) is 5.26. The molecule has 11 nitrogen and oxygen atoms in total. The SMILES string of the molecule is COc1cccc(CNc2nc(NCCOCCOCCN)nc(NCCc3ccccc3)n2)c1OC. The minimum Gasteiger partial charge on any atom is -0.493 e. The predicted molar refractivity (Wildman–Crippen MR) is 145 cm³/mol. The van der Waals surface area contributed by atoms with Gasteiger partial charge in [0, 0.05) is 31.7 Å². The van der Waals surface area contributed by atoms with Gasteiger partial charge in [-0.3, -0.25) is 0 Å². The first-order valence-corrected chi connectivity index (χ1v) is 12.3. The Morgan fingerprint density at radius 1 is 0.703 bits per heavy atom. The quantitative estimate of drug-likeness (QED) is 0.187. The topological polar surface area (TPSA) is 138 Å². The van der Waals surface area contributed by atoms with E-state index >= 15 is 0 Å². The fraction of sp³-hybridized carbons (Fsp3) is 0.423. The Balaban J connectivity index is 1.61. The molecule has 5 N–H and O–H groups in total. The van der Waals surface area contributed by atoms with E-state index in [9.17, 15) is 0 Å². The molecule has 0 fully saturated rings. The van der Waals surface area contributed by atoms with Gasteiger partial charge in [-0.2, -0.15) is 15.0 Å². The zero-order chi connectivity index (χ0) is 26.1. The van der Waals surface area contributed by atoms with E-state index < -0.39 is 0 Å². The number of hydrogen-bond acceptors (Lipinski definition) is 11. The number of benzene rings is 2. The van der Waals surface area contributed by atoms with Crippen molar-refractivity contribution in [1.82, 2.24) is 15.0 Å². The summed E-state index contributed by atoms with van der Waals surface area (Å²) in [4.78, 5) is 13.6. The van der Waals surface area contributed by atoms with E-state index in [1.807, 2.05) is 36.4 Å². The lowest BCUT2D eigenvalue weighted by Crippen LogP contribution is -2.17. The minimum absolute atomic E-state index is 0.431. The van der Waals surface area contributed by atoms with E-state index in [0.29, 0.717) is 82.0 Å². The molecule has 200 valence electrons. The molecule has 0 aliphatic heterocycles. The van der Waals surface area contributed by atoms with Gasteiger partial charge in [0.05, 0.1) is 40.6 Å². The Kier molecular flexibility index (Phi) is 12.2. The van der Waals surface area contributed by atoms with Crippen molar-refractivity contribution in [3.8, 4) is 11.5 Å². The third kappa shape index (κ3) is 9.71. The molecule has 0 amide bonds. The van der Waals surface area contributed by atoms with E-state index in [1.165, 1.54) is 5.56 Å². The molecule has 0 spiro atoms. The van der Waals surface area contributed by atoms with Gasteiger partial charge in [-0.15, -0.1) is 0 Å². The maximum atomic E-state index is 5.57. The van der Waals surface area contributed by atoms with E-state index in [-0.39, 0.29) is 0 Å². The third-order valence-corrected chi connectivity index (χ3v) is 5.26. The van der Waals surface area contributed by atoms with Crippen molar-refractivity contribution >= 4 is 17.8 Å². The van der Waals surface area contributed by atoms with Crippen LogP contribution in [0.25, 0.3) is 0 Å². The minimum atomic E-state index is 0.431. The van der Waals surface area contributed by atoms with Crippen molar-refractivity contribution in [3.63, 3.8) is 0 Å². The van der Waals surface area contributed by atoms with Gasteiger partial charge in [0.2, 0.25) is 17.8 Å². The Bertz CT molecular complexity index is 1060. The van der Waals surface area contributed by atoms with Gasteiger partial charge in [0.25, 0.3) is 0 Å². The Morgan fingerprint density at radius 3 is 2.05 bits per heavy atom. The van der Waals surface area contributed by atoms with Crippen LogP contribution < -0.4 is 31.2 Å². The van der Waals surface area contributed by atoms with E-state index in [0.717, 1.165) is 12.0 Å². The largest absolute Gasteiger partial charge is 0.493 e. The monoisotopic (exact) mass is 511 g/mol. The summed E-state index contributed by atoms with van der Waals surface area (Å²) in [5.74, 6) is 2.68. The van der Waals surface area contributed by atoms with Gasteiger partial charge in [0.1, 0.15) is 0 Å². The van der Waals surface area contributed by atoms with Crippen molar-refractivity contribution in [2.75, 3.05) is 76.2 Å². The van der Waals surface area contributed by atoms with Crippen LogP contribution in [0, 0.1) is 0 Å². The number of para-hydroxylation sites is 1. The van der Waals surface area contributed by atoms with Gasteiger partial charge >= 0.3 is 0 Å². The van der Waals surface area contributed by atoms with Gasteiger partial charge in [-0.25, -0.2) is 0 Å². The maximum absolute atomic E-state index is 5.57. The second-order valence-electron chi connectivity index (χ2n) is 7.92. The summed E-state index contributed by atoms with van der Waals surface area (Å²) in [5.41, 5.74) is 7.56. The first kappa shape index (κ1) is 27.9. The molecule has 0 bridgehead atoms. The average Bonchev–Trinajstić information content (AvgIpc) is 2.93. The van der Waals surface area contributed by atoms with Crippen LogP contribution in [-0.2, 0) is 22.4 Å². The molecule has 3 aromatic rings. The number of nitrogens with two attached hydrogens (primary N) is 1. The summed E-state index contributed by atoms with van der Waals surface area (Å²) in [5, 5.41) is 9.77. The number of hydrogen-bond donors (Lipinski definition) is 4. The Morgan fingerprint density at radius 2 is 1.38 bits per heavy atom. The molecule has 0 atom stereocenters. The van der Waals surface area contributed by atoms with Crippen LogP contribution in [0.4, 0.5) is 17.8 Å². The van der Waals surface area contributed by atoms with E-state index in [4.69, 9.17) is 24.7 Å². The normalized spacial score (nSPS) is 10.7. The predicted octanol–water partition coefficient (Wildman–Crippen LogP) is 2.56. The molecule has 3 rings (SSSR count). The smallest absolute Gasteiger partial charge is 0.229 e. The average molecular weight is 512 g/mol. The summed E-state index contributed by atoms with van der Waals surface area (Å²) in [6.45, 7) is 4.20. The van der Waals surface area contributed by atoms with Crippen molar-refractivity contribution in [2.24, 2.45) is 5.73 Å². The fourth-order valence-corrected chi connectivity index (χ4v) is 3.48. The van der Waals surface area contributed by atoms with Crippen LogP contribution in [0.3, 0.4) is 0 Å². The number of aromatic nitrogens is 3. The second kappa shape index (κ2) is 16.1. The van der Waals surface area contributed by atoms with Gasteiger partial charge in [-0.1, -0.05) is 42.5 Å². The molecular formula is C26H37N7O4. The van der Waals surface area contributed by atoms with Crippen LogP contribution in [0.1, 0.15) is 11.1 Å². The number of anilines is 3. The highest BCUT2D eigenvalue weighted by molar-refractivity contribution is 5.49. The first-order chi connectivity index (χ1) is 18.2. The summed E-state index contributed by atoms with van der Waals surface area (Å²) < 4.78 is 21.8. The molecule has 0 radical (unpaired) electrons. The van der Waals surface area contributed by atoms with Crippen LogP contribution in [-0.4, -0.2) is 75.2 Å². The summed E-state index contributed by atoms with van der Waals surface area (Å²) in [6, 6.07) is 16.0. The lowest BCUT2D eigenvalue weighted by atomic mass is 10.1. The van der Waals surface area contributed by atoms with Gasteiger partial charge < -0.3 is 40.6 Å². The Hall–Kier alpha value is -3.67. The summed E-state index contributed by atoms with van der Waals surface area (Å²) in [6.07, 6.45) is 0.846. The van der Waals surface area contributed by atoms with Crippen molar-refractivity contribution < 1.29 is 18.9 Å². The second-order valence-corrected chi connectivity index (χ2v) is 7.92.